The van der Waals surface area contributed by atoms with Crippen LogP contribution in [0.15, 0.2) is 326 Å². The molecule has 4 aliphatic rings. The number of hydrogen-bond donors (Lipinski definition) is 2. The first kappa shape index (κ1) is 94.5. The summed E-state index contributed by atoms with van der Waals surface area (Å²) in [5.74, 6) is 2.63. The van der Waals surface area contributed by atoms with Gasteiger partial charge in [-0.1, -0.05) is 328 Å². The molecule has 13 nitrogen and oxygen atoms in total. The van der Waals surface area contributed by atoms with Crippen molar-refractivity contribution in [2.24, 2.45) is 27.7 Å². The van der Waals surface area contributed by atoms with Crippen LogP contribution in [0, 0.1) is 17.8 Å². The third-order valence-electron chi connectivity index (χ3n) is 27.3. The van der Waals surface area contributed by atoms with Gasteiger partial charge in [-0.2, -0.15) is 0 Å². The van der Waals surface area contributed by atoms with Crippen molar-refractivity contribution in [3.8, 4) is 51.0 Å². The van der Waals surface area contributed by atoms with Gasteiger partial charge in [-0.15, -0.1) is 0 Å². The van der Waals surface area contributed by atoms with E-state index in [1.54, 1.807) is 12.2 Å². The number of para-hydroxylation sites is 2. The number of ether oxygens (including phenoxy) is 3. The Morgan fingerprint density at radius 2 is 0.614 bits per heavy atom. The summed E-state index contributed by atoms with van der Waals surface area (Å²) >= 11 is 0. The average molecular weight is 1840 g/mol. The van der Waals surface area contributed by atoms with Gasteiger partial charge in [0.05, 0.1) is 53.7 Å². The Morgan fingerprint density at radius 3 is 1.06 bits per heavy atom. The summed E-state index contributed by atoms with van der Waals surface area (Å²) in [6, 6.07) is 101. The molecule has 0 bridgehead atoms. The lowest BCUT2D eigenvalue weighted by molar-refractivity contribution is 0.270. The number of nitrogens with zero attached hydrogens (tertiary/aromatic N) is 4. The van der Waals surface area contributed by atoms with Crippen LogP contribution in [-0.4, -0.2) is 41.5 Å². The molecular formula is C127H116N4O9. The molecule has 0 saturated heterocycles. The Morgan fingerprint density at radius 1 is 0.279 bits per heavy atom. The SMILES string of the molecule is CC(C)CCOc1cc(/C=C/c2ccc(/C=C/c3ccc(/C=C/C4=Nc5ccc(/C=C/c6c(O)c(=O)c6=O)cc5C4(C)C)cc3OCC(C)C)cc2OCC(C)C)ccc1/C=C/c1ccc(N(c2ccc3c(c2)-c2ccccc2C3(C)C)c2ccc3c(c2)C(C)(C)c2ccccc2-3)cc1.CC1(C)C(/C=C/c2ccc(N(c3ccccc3)c3ccccc3)cc2)=Nc2ccc(/C=C/c3c(O)c(=O)c3=O)cc21. The molecule has 2 N–H and O–H groups in total. The second-order valence-electron chi connectivity index (χ2n) is 40.1. The van der Waals surface area contributed by atoms with Crippen LogP contribution in [0.4, 0.5) is 45.5 Å². The maximum atomic E-state index is 11.9. The van der Waals surface area contributed by atoms with E-state index in [2.05, 4.69) is 380 Å². The van der Waals surface area contributed by atoms with Crippen molar-refractivity contribution in [1.29, 1.82) is 0 Å². The number of hydrogen-bond acceptors (Lipinski definition) is 13. The van der Waals surface area contributed by atoms with Gasteiger partial charge < -0.3 is 34.2 Å². The molecule has 15 aromatic carbocycles. The van der Waals surface area contributed by atoms with Gasteiger partial charge in [-0.25, -0.2) is 0 Å². The zero-order valence-corrected chi connectivity index (χ0v) is 81.8. The first-order valence-corrected chi connectivity index (χ1v) is 48.3. The number of anilines is 6. The molecule has 2 aliphatic carbocycles. The molecule has 0 unspecified atom stereocenters. The van der Waals surface area contributed by atoms with Crippen LogP contribution >= 0.6 is 0 Å². The predicted octanol–water partition coefficient (Wildman–Crippen LogP) is 30.0. The molecule has 0 spiro atoms. The van der Waals surface area contributed by atoms with Crippen molar-refractivity contribution in [2.75, 3.05) is 29.6 Å². The van der Waals surface area contributed by atoms with Gasteiger partial charge in [0.15, 0.2) is 11.5 Å². The summed E-state index contributed by atoms with van der Waals surface area (Å²) in [7, 11) is 0. The number of aliphatic imine (C=N–C) groups is 2. The van der Waals surface area contributed by atoms with Crippen LogP contribution in [0.3, 0.4) is 0 Å². The molecule has 698 valence electrons. The highest BCUT2D eigenvalue weighted by Crippen LogP contribution is 2.54. The smallest absolute Gasteiger partial charge is 0.268 e. The maximum absolute atomic E-state index is 11.9. The number of rotatable bonds is 30. The summed E-state index contributed by atoms with van der Waals surface area (Å²) in [6.07, 6.45) is 28.5. The Labute approximate surface area is 820 Å². The Bertz CT molecular complexity index is 7680. The number of fused-ring (bicyclic) bond motifs is 8. The highest BCUT2D eigenvalue weighted by molar-refractivity contribution is 6.12. The second kappa shape index (κ2) is 39.3. The summed E-state index contributed by atoms with van der Waals surface area (Å²) in [5.41, 5.74) is 28.9. The van der Waals surface area contributed by atoms with Crippen LogP contribution in [0.5, 0.6) is 28.7 Å². The second-order valence-corrected chi connectivity index (χ2v) is 40.1. The van der Waals surface area contributed by atoms with Crippen molar-refractivity contribution in [2.45, 2.75) is 125 Å². The quantitative estimate of drug-likeness (QED) is 0.0325. The van der Waals surface area contributed by atoms with E-state index in [0.29, 0.717) is 37.6 Å². The van der Waals surface area contributed by atoms with E-state index in [0.717, 1.165) is 147 Å². The van der Waals surface area contributed by atoms with Gasteiger partial charge in [0, 0.05) is 72.5 Å². The fourth-order valence-electron chi connectivity index (χ4n) is 19.1. The molecule has 0 amide bonds. The van der Waals surface area contributed by atoms with Gasteiger partial charge in [0.25, 0.3) is 10.9 Å². The lowest BCUT2D eigenvalue weighted by Gasteiger charge is -2.29. The van der Waals surface area contributed by atoms with Crippen molar-refractivity contribution in [1.82, 2.24) is 0 Å². The summed E-state index contributed by atoms with van der Waals surface area (Å²) < 4.78 is 19.7. The van der Waals surface area contributed by atoms with E-state index in [9.17, 15) is 29.4 Å². The summed E-state index contributed by atoms with van der Waals surface area (Å²) in [5, 5.41) is 19.5. The fraction of sp³-hybridized carbons (Fsp3) is 0.197. The first-order valence-electron chi connectivity index (χ1n) is 48.3. The van der Waals surface area contributed by atoms with Crippen LogP contribution in [0.2, 0.25) is 0 Å². The molecule has 2 aliphatic heterocycles. The van der Waals surface area contributed by atoms with E-state index in [1.807, 2.05) is 72.8 Å². The minimum absolute atomic E-state index is 0.0340. The van der Waals surface area contributed by atoms with Gasteiger partial charge in [-0.3, -0.25) is 29.2 Å². The zero-order valence-electron chi connectivity index (χ0n) is 81.8. The van der Waals surface area contributed by atoms with E-state index < -0.39 is 38.6 Å². The zero-order chi connectivity index (χ0) is 98.1. The molecule has 0 radical (unpaired) electrons. The van der Waals surface area contributed by atoms with Gasteiger partial charge >= 0.3 is 0 Å². The van der Waals surface area contributed by atoms with Gasteiger partial charge in [0.2, 0.25) is 10.9 Å². The molecule has 19 rings (SSSR count). The van der Waals surface area contributed by atoms with Gasteiger partial charge in [0.1, 0.15) is 17.2 Å². The third kappa shape index (κ3) is 19.4. The van der Waals surface area contributed by atoms with Crippen molar-refractivity contribution in [3.05, 3.63) is 438 Å². The largest absolute Gasteiger partial charge is 0.504 e. The first-order chi connectivity index (χ1) is 67.3. The predicted molar refractivity (Wildman–Crippen MR) is 584 cm³/mol. The highest BCUT2D eigenvalue weighted by Gasteiger charge is 2.40. The standard InChI is InChI=1S/C91H88N2O6.C36H28N2O3/c1-57(2)47-48-97-82-50-62(22-33-65(82)32-21-60-27-38-68(39-28-60)93(69-41-44-78-75(53-69)72-18-14-16-20-77(72)89(78,7)8)70-40-43-73-71-17-13-15-19-76(71)90(9,10)79(73)54-70)23-34-66-35-24-63(51-83(66)98-55-58(3)4)25-36-67-37-26-64(52-84(67)99-56-59(5)6)31-46-85-91(11,12)80-49-61(30-45-81(80)92-85)29-42-74-86(94)88(96)87(74)95;1-36(2)30-23-25(15-20-29-33(39)35(41)34(29)40)16-21-31(30)37-32(36)22-17-24-13-18-28(19-14-24)38(26-9-5-3-6-10-26)27-11-7-4-8-12-27/h13-46,49-54,57-59,94H,47-48,55-56H2,1-12H3;3-23,39H,1-2H3/b32-21+,34-23+,36-25+,42-29+,46-31+;20-15+,22-17+. The number of aromatic hydroxyl groups is 2. The monoisotopic (exact) mass is 1840 g/mol. The molecule has 13 heteroatoms. The highest BCUT2D eigenvalue weighted by atomic mass is 16.5. The van der Waals surface area contributed by atoms with Crippen LogP contribution in [0.25, 0.3) is 95.2 Å². The number of benzene rings is 13. The normalized spacial score (nSPS) is 14.5. The molecule has 0 atom stereocenters. The molecule has 0 saturated carbocycles. The van der Waals surface area contributed by atoms with E-state index in [1.165, 1.54) is 56.7 Å². The van der Waals surface area contributed by atoms with Crippen LogP contribution in [0.1, 0.15) is 203 Å². The lowest BCUT2D eigenvalue weighted by atomic mass is 9.80. The summed E-state index contributed by atoms with van der Waals surface area (Å²) in [6.45, 7) is 32.8. The van der Waals surface area contributed by atoms with Crippen molar-refractivity contribution in [3.63, 3.8) is 0 Å². The third-order valence-corrected chi connectivity index (χ3v) is 27.3. The molecule has 2 heterocycles. The van der Waals surface area contributed by atoms with E-state index in [4.69, 9.17) is 24.2 Å². The fourth-order valence-corrected chi connectivity index (χ4v) is 19.1. The van der Waals surface area contributed by atoms with Crippen molar-refractivity contribution < 1.29 is 24.4 Å². The average Bonchev–Trinajstić information content (AvgIpc) is 1.57. The van der Waals surface area contributed by atoms with Gasteiger partial charge in [-0.05, 0) is 258 Å². The summed E-state index contributed by atoms with van der Waals surface area (Å²) in [4.78, 5) is 61.0. The van der Waals surface area contributed by atoms with E-state index in [-0.39, 0.29) is 27.4 Å². The molecule has 15 aromatic rings. The van der Waals surface area contributed by atoms with Crippen molar-refractivity contribution >= 4 is 130 Å². The lowest BCUT2D eigenvalue weighted by Crippen LogP contribution is -2.32. The molecular weight excluding hydrogens is 1730 g/mol. The van der Waals surface area contributed by atoms with Crippen LogP contribution in [-0.2, 0) is 21.7 Å². The minimum Gasteiger partial charge on any atom is -0.504 e. The topological polar surface area (TPSA) is 168 Å². The number of allylic oxidation sites excluding steroid dienone is 2. The molecule has 140 heavy (non-hydrogen) atoms. The Balaban J connectivity index is 0.000000262. The minimum atomic E-state index is -0.845. The Kier molecular flexibility index (Phi) is 26.5. The maximum Gasteiger partial charge on any atom is 0.268 e. The van der Waals surface area contributed by atoms with Crippen LogP contribution < -0.4 is 45.7 Å². The van der Waals surface area contributed by atoms with E-state index >= 15 is 0 Å². The molecule has 0 aromatic heterocycles. The molecule has 0 fully saturated rings. The Hall–Kier alpha value is -15.9.